The third-order valence-electron chi connectivity index (χ3n) is 3.76. The molecule has 7 heteroatoms. The molecule has 3 fully saturated rings. The molecule has 3 aliphatic heterocycles. The van der Waals surface area contributed by atoms with E-state index in [9.17, 15) is 14.4 Å². The van der Waals surface area contributed by atoms with Gasteiger partial charge in [0.05, 0.1) is 0 Å². The van der Waals surface area contributed by atoms with Crippen molar-refractivity contribution in [2.24, 2.45) is 5.92 Å². The third-order valence-corrected chi connectivity index (χ3v) is 3.76. The molecule has 1 atom stereocenters. The fourth-order valence-corrected chi connectivity index (χ4v) is 2.66. The molecule has 3 aliphatic rings. The minimum atomic E-state index is -0.575. The number of imide groups is 1. The highest BCUT2D eigenvalue weighted by atomic mass is 16.6. The predicted octanol–water partition coefficient (Wildman–Crippen LogP) is -0.397. The van der Waals surface area contributed by atoms with E-state index in [0.717, 1.165) is 17.7 Å². The zero-order valence-corrected chi connectivity index (χ0v) is 10.5. The van der Waals surface area contributed by atoms with Crippen LogP contribution in [0.4, 0.5) is 4.79 Å². The smallest absolute Gasteiger partial charge is 0.417 e. The van der Waals surface area contributed by atoms with Crippen molar-refractivity contribution in [1.82, 2.24) is 9.80 Å². The quantitative estimate of drug-likeness (QED) is 0.696. The molecule has 0 aliphatic carbocycles. The Hall–Kier alpha value is -1.63. The first kappa shape index (κ1) is 12.4. The van der Waals surface area contributed by atoms with Crippen molar-refractivity contribution in [3.8, 4) is 0 Å². The summed E-state index contributed by atoms with van der Waals surface area (Å²) in [5, 5.41) is 0. The highest BCUT2D eigenvalue weighted by molar-refractivity contribution is 5.97. The van der Waals surface area contributed by atoms with E-state index in [1.165, 1.54) is 0 Å². The molecule has 0 aromatic heterocycles. The van der Waals surface area contributed by atoms with Gasteiger partial charge in [0.25, 0.3) is 11.8 Å². The largest absolute Gasteiger partial charge is 0.439 e. The van der Waals surface area contributed by atoms with E-state index in [1.807, 2.05) is 0 Å². The molecule has 0 radical (unpaired) electrons. The van der Waals surface area contributed by atoms with Crippen molar-refractivity contribution in [3.05, 3.63) is 0 Å². The summed E-state index contributed by atoms with van der Waals surface area (Å²) in [6.45, 7) is 1.99. The van der Waals surface area contributed by atoms with Gasteiger partial charge < -0.3 is 14.4 Å². The third kappa shape index (κ3) is 2.30. The number of cyclic esters (lactones) is 1. The van der Waals surface area contributed by atoms with Gasteiger partial charge in [0, 0.05) is 32.2 Å². The van der Waals surface area contributed by atoms with Gasteiger partial charge in [-0.25, -0.2) is 9.69 Å². The molecular weight excluding hydrogens is 252 g/mol. The number of nitrogens with zero attached hydrogens (tertiary/aromatic N) is 2. The topological polar surface area (TPSA) is 76.2 Å². The fraction of sp³-hybridized carbons (Fsp3) is 0.750. The molecular formula is C12H16N2O5. The summed E-state index contributed by atoms with van der Waals surface area (Å²) in [4.78, 5) is 37.5. The SMILES string of the molecule is O=C(C1CCCO1)N1CC(CN2C(=O)COC2=O)C1. The van der Waals surface area contributed by atoms with Crippen LogP contribution in [-0.2, 0) is 19.1 Å². The molecule has 0 aromatic rings. The van der Waals surface area contributed by atoms with Crippen LogP contribution < -0.4 is 0 Å². The Morgan fingerprint density at radius 3 is 2.68 bits per heavy atom. The van der Waals surface area contributed by atoms with E-state index in [4.69, 9.17) is 4.74 Å². The van der Waals surface area contributed by atoms with Gasteiger partial charge in [-0.2, -0.15) is 0 Å². The number of ether oxygens (including phenoxy) is 2. The maximum Gasteiger partial charge on any atom is 0.417 e. The fourth-order valence-electron chi connectivity index (χ4n) is 2.66. The van der Waals surface area contributed by atoms with Crippen LogP contribution in [0, 0.1) is 5.92 Å². The molecule has 3 heterocycles. The summed E-state index contributed by atoms with van der Waals surface area (Å²) >= 11 is 0. The van der Waals surface area contributed by atoms with Crippen molar-refractivity contribution >= 4 is 17.9 Å². The van der Waals surface area contributed by atoms with E-state index >= 15 is 0 Å². The summed E-state index contributed by atoms with van der Waals surface area (Å²) in [7, 11) is 0. The lowest BCUT2D eigenvalue weighted by molar-refractivity contribution is -0.147. The minimum absolute atomic E-state index is 0.0316. The lowest BCUT2D eigenvalue weighted by atomic mass is 9.98. The molecule has 3 saturated heterocycles. The summed E-state index contributed by atoms with van der Waals surface area (Å²) < 4.78 is 9.98. The zero-order chi connectivity index (χ0) is 13.4. The number of rotatable bonds is 3. The van der Waals surface area contributed by atoms with Crippen molar-refractivity contribution in [2.45, 2.75) is 18.9 Å². The van der Waals surface area contributed by atoms with E-state index in [1.54, 1.807) is 4.90 Å². The van der Waals surface area contributed by atoms with Gasteiger partial charge in [0.1, 0.15) is 6.10 Å². The number of likely N-dealkylation sites (tertiary alicyclic amines) is 1. The molecule has 7 nitrogen and oxygen atoms in total. The minimum Gasteiger partial charge on any atom is -0.439 e. The lowest BCUT2D eigenvalue weighted by Crippen LogP contribution is -2.56. The van der Waals surface area contributed by atoms with Crippen LogP contribution in [0.25, 0.3) is 0 Å². The van der Waals surface area contributed by atoms with Crippen LogP contribution in [0.3, 0.4) is 0 Å². The van der Waals surface area contributed by atoms with E-state index < -0.39 is 6.09 Å². The normalized spacial score (nSPS) is 27.7. The molecule has 0 bridgehead atoms. The molecule has 3 rings (SSSR count). The molecule has 0 N–H and O–H groups in total. The molecule has 0 spiro atoms. The van der Waals surface area contributed by atoms with Crippen LogP contribution in [-0.4, -0.2) is 66.7 Å². The van der Waals surface area contributed by atoms with Gasteiger partial charge in [-0.15, -0.1) is 0 Å². The van der Waals surface area contributed by atoms with Crippen molar-refractivity contribution < 1.29 is 23.9 Å². The molecule has 0 saturated carbocycles. The molecule has 0 aromatic carbocycles. The number of carbonyl (C=O) groups is 3. The van der Waals surface area contributed by atoms with Crippen LogP contribution >= 0.6 is 0 Å². The Balaban J connectivity index is 1.46. The van der Waals surface area contributed by atoms with Crippen molar-refractivity contribution in [3.63, 3.8) is 0 Å². The second-order valence-electron chi connectivity index (χ2n) is 5.17. The molecule has 104 valence electrons. The summed E-state index contributed by atoms with van der Waals surface area (Å²) in [5.74, 6) is -0.113. The van der Waals surface area contributed by atoms with E-state index in [-0.39, 0.29) is 30.4 Å². The number of amides is 3. The predicted molar refractivity (Wildman–Crippen MR) is 62.1 cm³/mol. The highest BCUT2D eigenvalue weighted by Gasteiger charge is 2.40. The monoisotopic (exact) mass is 268 g/mol. The maximum absolute atomic E-state index is 12.0. The molecule has 19 heavy (non-hydrogen) atoms. The average molecular weight is 268 g/mol. The van der Waals surface area contributed by atoms with Gasteiger partial charge >= 0.3 is 6.09 Å². The van der Waals surface area contributed by atoms with Crippen molar-refractivity contribution in [2.75, 3.05) is 32.8 Å². The average Bonchev–Trinajstić information content (AvgIpc) is 2.96. The lowest BCUT2D eigenvalue weighted by Gasteiger charge is -2.41. The first-order valence-corrected chi connectivity index (χ1v) is 6.52. The van der Waals surface area contributed by atoms with Gasteiger partial charge in [0.2, 0.25) is 0 Å². The Morgan fingerprint density at radius 2 is 2.11 bits per heavy atom. The van der Waals surface area contributed by atoms with Gasteiger partial charge in [-0.3, -0.25) is 9.59 Å². The van der Waals surface area contributed by atoms with E-state index in [2.05, 4.69) is 4.74 Å². The van der Waals surface area contributed by atoms with Gasteiger partial charge in [-0.05, 0) is 12.8 Å². The summed E-state index contributed by atoms with van der Waals surface area (Å²) in [6.07, 6.45) is 0.854. The molecule has 3 amide bonds. The number of carbonyl (C=O) groups excluding carboxylic acids is 3. The second-order valence-corrected chi connectivity index (χ2v) is 5.17. The summed E-state index contributed by atoms with van der Waals surface area (Å²) in [6, 6.07) is 0. The standard InChI is InChI=1S/C12H16N2O5/c15-10-7-19-12(17)14(10)6-8-4-13(5-8)11(16)9-2-1-3-18-9/h8-9H,1-7H2. The van der Waals surface area contributed by atoms with Crippen molar-refractivity contribution in [1.29, 1.82) is 0 Å². The summed E-state index contributed by atoms with van der Waals surface area (Å²) in [5.41, 5.74) is 0. The second kappa shape index (κ2) is 4.80. The Kier molecular flexibility index (Phi) is 3.14. The number of hydrogen-bond acceptors (Lipinski definition) is 5. The van der Waals surface area contributed by atoms with Gasteiger partial charge in [0.15, 0.2) is 6.61 Å². The first-order chi connectivity index (χ1) is 9.15. The first-order valence-electron chi connectivity index (χ1n) is 6.52. The van der Waals surface area contributed by atoms with Crippen LogP contribution in [0.2, 0.25) is 0 Å². The maximum atomic E-state index is 12.0. The van der Waals surface area contributed by atoms with Crippen LogP contribution in [0.5, 0.6) is 0 Å². The highest BCUT2D eigenvalue weighted by Crippen LogP contribution is 2.23. The zero-order valence-electron chi connectivity index (χ0n) is 10.5. The number of hydrogen-bond donors (Lipinski definition) is 0. The van der Waals surface area contributed by atoms with E-state index in [0.29, 0.717) is 26.2 Å². The Bertz CT molecular complexity index is 396. The van der Waals surface area contributed by atoms with Crippen LogP contribution in [0.15, 0.2) is 0 Å². The van der Waals surface area contributed by atoms with Gasteiger partial charge in [-0.1, -0.05) is 0 Å². The van der Waals surface area contributed by atoms with Crippen LogP contribution in [0.1, 0.15) is 12.8 Å². The Morgan fingerprint density at radius 1 is 1.32 bits per heavy atom. The molecule has 1 unspecified atom stereocenters. The Labute approximate surface area is 110 Å².